The van der Waals surface area contributed by atoms with Crippen LogP contribution in [0.15, 0.2) is 18.2 Å². The predicted octanol–water partition coefficient (Wildman–Crippen LogP) is -0.657. The Morgan fingerprint density at radius 1 is 1.50 bits per heavy atom. The second-order valence-corrected chi connectivity index (χ2v) is 3.78. The summed E-state index contributed by atoms with van der Waals surface area (Å²) in [5.74, 6) is 0. The third kappa shape index (κ3) is 2.12. The molecular weight excluding hydrogens is 179 g/mol. The second-order valence-electron chi connectivity index (χ2n) is 2.24. The van der Waals surface area contributed by atoms with Crippen molar-refractivity contribution in [2.75, 3.05) is 0 Å². The van der Waals surface area contributed by atoms with Crippen molar-refractivity contribution in [2.45, 2.75) is 6.54 Å². The fourth-order valence-corrected chi connectivity index (χ4v) is 1.28. The molecule has 5 nitrogen and oxygen atoms in total. The number of nitrogens with two attached hydrogens (primary N) is 1. The summed E-state index contributed by atoms with van der Waals surface area (Å²) in [5, 5.41) is 0. The van der Waals surface area contributed by atoms with Crippen LogP contribution in [-0.2, 0) is 11.1 Å². The first kappa shape index (κ1) is 9.35. The van der Waals surface area contributed by atoms with Crippen molar-refractivity contribution >= 4 is 13.0 Å². The Morgan fingerprint density at radius 2 is 2.17 bits per heavy atom. The van der Waals surface area contributed by atoms with Crippen LogP contribution in [0.1, 0.15) is 5.69 Å². The van der Waals surface area contributed by atoms with Gasteiger partial charge in [-0.3, -0.25) is 4.57 Å². The molecule has 0 amide bonds. The van der Waals surface area contributed by atoms with Crippen LogP contribution in [0.4, 0.5) is 0 Å². The number of rotatable bonds is 2. The Kier molecular flexibility index (Phi) is 2.59. The van der Waals surface area contributed by atoms with Crippen LogP contribution in [0, 0.1) is 0 Å². The van der Waals surface area contributed by atoms with Crippen LogP contribution in [0.25, 0.3) is 0 Å². The van der Waals surface area contributed by atoms with Gasteiger partial charge in [-0.2, -0.15) is 0 Å². The minimum atomic E-state index is -4.22. The first-order valence-corrected chi connectivity index (χ1v) is 4.87. The van der Waals surface area contributed by atoms with Crippen LogP contribution < -0.4 is 11.2 Å². The predicted molar refractivity (Wildman–Crippen MR) is 43.8 cm³/mol. The van der Waals surface area contributed by atoms with Gasteiger partial charge in [0, 0.05) is 6.54 Å². The largest absolute Gasteiger partial charge is 0.374 e. The van der Waals surface area contributed by atoms with Crippen LogP contribution in [0.3, 0.4) is 0 Å². The minimum Gasteiger partial charge on any atom is -0.325 e. The van der Waals surface area contributed by atoms with Gasteiger partial charge >= 0.3 is 7.60 Å². The van der Waals surface area contributed by atoms with Crippen molar-refractivity contribution in [1.82, 2.24) is 4.98 Å². The van der Waals surface area contributed by atoms with Gasteiger partial charge in [-0.1, -0.05) is 6.07 Å². The SMILES string of the molecule is NCc1cccc(P(=O)(O)O)n1. The van der Waals surface area contributed by atoms with Crippen molar-refractivity contribution in [3.05, 3.63) is 23.9 Å². The van der Waals surface area contributed by atoms with Gasteiger partial charge in [0.05, 0.1) is 5.69 Å². The Bertz CT molecular complexity index is 322. The van der Waals surface area contributed by atoms with E-state index in [0.717, 1.165) is 0 Å². The molecule has 1 aromatic rings. The Morgan fingerprint density at radius 3 is 2.67 bits per heavy atom. The summed E-state index contributed by atoms with van der Waals surface area (Å²) >= 11 is 0. The molecule has 1 rings (SSSR count). The van der Waals surface area contributed by atoms with Gasteiger partial charge < -0.3 is 15.5 Å². The lowest BCUT2D eigenvalue weighted by molar-refractivity contribution is 0.386. The highest BCUT2D eigenvalue weighted by Gasteiger charge is 2.18. The molecule has 0 spiro atoms. The lowest BCUT2D eigenvalue weighted by atomic mass is 10.4. The summed E-state index contributed by atoms with van der Waals surface area (Å²) in [7, 11) is -4.22. The third-order valence-corrected chi connectivity index (χ3v) is 2.15. The molecule has 6 heteroatoms. The topological polar surface area (TPSA) is 96.4 Å². The molecule has 0 saturated heterocycles. The van der Waals surface area contributed by atoms with Gasteiger partial charge in [-0.25, -0.2) is 4.98 Å². The summed E-state index contributed by atoms with van der Waals surface area (Å²) in [6.45, 7) is 0.174. The molecule has 0 saturated carbocycles. The highest BCUT2D eigenvalue weighted by molar-refractivity contribution is 7.60. The Hall–Kier alpha value is -0.740. The van der Waals surface area contributed by atoms with Gasteiger partial charge in [0.25, 0.3) is 0 Å². The molecular formula is C6H9N2O3P. The Balaban J connectivity index is 3.11. The molecule has 12 heavy (non-hydrogen) atoms. The summed E-state index contributed by atoms with van der Waals surface area (Å²) < 4.78 is 10.7. The van der Waals surface area contributed by atoms with Crippen LogP contribution >= 0.6 is 7.60 Å². The summed E-state index contributed by atoms with van der Waals surface area (Å²) in [4.78, 5) is 21.1. The lowest BCUT2D eigenvalue weighted by Gasteiger charge is -2.03. The molecule has 0 aliphatic carbocycles. The number of hydrogen-bond donors (Lipinski definition) is 3. The number of aromatic nitrogens is 1. The number of nitrogens with zero attached hydrogens (tertiary/aromatic N) is 1. The van der Waals surface area contributed by atoms with Crippen molar-refractivity contribution in [3.63, 3.8) is 0 Å². The lowest BCUT2D eigenvalue weighted by Crippen LogP contribution is -2.12. The summed E-state index contributed by atoms with van der Waals surface area (Å²) in [6, 6.07) is 4.41. The van der Waals surface area contributed by atoms with Crippen LogP contribution in [0.5, 0.6) is 0 Å². The van der Waals surface area contributed by atoms with E-state index >= 15 is 0 Å². The van der Waals surface area contributed by atoms with E-state index in [4.69, 9.17) is 15.5 Å². The second kappa shape index (κ2) is 3.33. The zero-order chi connectivity index (χ0) is 9.19. The zero-order valence-electron chi connectivity index (χ0n) is 6.21. The normalized spacial score (nSPS) is 11.6. The first-order chi connectivity index (χ1) is 5.54. The highest BCUT2D eigenvalue weighted by Crippen LogP contribution is 2.31. The van der Waals surface area contributed by atoms with Gasteiger partial charge in [-0.15, -0.1) is 0 Å². The van der Waals surface area contributed by atoms with Crippen molar-refractivity contribution < 1.29 is 14.4 Å². The van der Waals surface area contributed by atoms with Crippen LogP contribution in [-0.4, -0.2) is 14.8 Å². The highest BCUT2D eigenvalue weighted by atomic mass is 31.2. The fourth-order valence-electron chi connectivity index (χ4n) is 0.743. The van der Waals surface area contributed by atoms with Crippen molar-refractivity contribution in [3.8, 4) is 0 Å². The van der Waals surface area contributed by atoms with E-state index < -0.39 is 7.60 Å². The summed E-state index contributed by atoms with van der Waals surface area (Å²) in [6.07, 6.45) is 0. The summed E-state index contributed by atoms with van der Waals surface area (Å²) in [5.41, 5.74) is 5.48. The average Bonchev–Trinajstić information content (AvgIpc) is 2.03. The molecule has 4 N–H and O–H groups in total. The van der Waals surface area contributed by atoms with E-state index in [0.29, 0.717) is 5.69 Å². The maximum absolute atomic E-state index is 10.7. The molecule has 1 aromatic heterocycles. The van der Waals surface area contributed by atoms with Gasteiger partial charge in [0.1, 0.15) is 0 Å². The smallest absolute Gasteiger partial charge is 0.325 e. The average molecular weight is 188 g/mol. The molecule has 0 unspecified atom stereocenters. The molecule has 0 atom stereocenters. The standard InChI is InChI=1S/C6H9N2O3P/c7-4-5-2-1-3-6(8-5)12(9,10)11/h1-3H,4,7H2,(H2,9,10,11). The molecule has 1 heterocycles. The van der Waals surface area contributed by atoms with E-state index in [9.17, 15) is 4.57 Å². The quantitative estimate of drug-likeness (QED) is 0.535. The molecule has 0 aliphatic heterocycles. The van der Waals surface area contributed by atoms with Crippen LogP contribution in [0.2, 0.25) is 0 Å². The molecule has 0 aliphatic rings. The van der Waals surface area contributed by atoms with Crippen molar-refractivity contribution in [1.29, 1.82) is 0 Å². The van der Waals surface area contributed by atoms with E-state index in [1.807, 2.05) is 0 Å². The maximum Gasteiger partial charge on any atom is 0.374 e. The monoisotopic (exact) mass is 188 g/mol. The third-order valence-electron chi connectivity index (χ3n) is 1.30. The number of pyridine rings is 1. The van der Waals surface area contributed by atoms with E-state index in [1.54, 1.807) is 6.07 Å². The molecule has 0 fully saturated rings. The zero-order valence-corrected chi connectivity index (χ0v) is 7.11. The molecule has 0 aromatic carbocycles. The van der Waals surface area contributed by atoms with Gasteiger partial charge in [-0.05, 0) is 12.1 Å². The molecule has 66 valence electrons. The molecule has 0 bridgehead atoms. The van der Waals surface area contributed by atoms with E-state index in [2.05, 4.69) is 4.98 Å². The Labute approximate surface area is 69.4 Å². The minimum absolute atomic E-state index is 0.174. The maximum atomic E-state index is 10.7. The fraction of sp³-hybridized carbons (Fsp3) is 0.167. The van der Waals surface area contributed by atoms with Gasteiger partial charge in [0.2, 0.25) is 0 Å². The number of hydrogen-bond acceptors (Lipinski definition) is 3. The van der Waals surface area contributed by atoms with E-state index in [-0.39, 0.29) is 12.0 Å². The first-order valence-electron chi connectivity index (χ1n) is 3.26. The molecule has 0 radical (unpaired) electrons. The van der Waals surface area contributed by atoms with Crippen molar-refractivity contribution in [2.24, 2.45) is 5.73 Å². The van der Waals surface area contributed by atoms with Gasteiger partial charge in [0.15, 0.2) is 5.44 Å². The van der Waals surface area contributed by atoms with E-state index in [1.165, 1.54) is 12.1 Å².